The van der Waals surface area contributed by atoms with E-state index in [-0.39, 0.29) is 6.61 Å². The molecule has 5 nitrogen and oxygen atoms in total. The standard InChI is InChI=1S/C9H17N3O2/c1-9(14,7-13)6-10-3-8-4-11-12(2)5-8/h4-5,10,13-14H,3,6-7H2,1-2H3. The Labute approximate surface area is 83.4 Å². The Balaban J connectivity index is 2.28. The largest absolute Gasteiger partial charge is 0.393 e. The van der Waals surface area contributed by atoms with Crippen molar-refractivity contribution in [2.24, 2.45) is 7.05 Å². The number of rotatable bonds is 5. The zero-order chi connectivity index (χ0) is 10.6. The summed E-state index contributed by atoms with van der Waals surface area (Å²) in [5.74, 6) is 0. The summed E-state index contributed by atoms with van der Waals surface area (Å²) >= 11 is 0. The van der Waals surface area contributed by atoms with E-state index in [1.165, 1.54) is 0 Å². The van der Waals surface area contributed by atoms with E-state index in [2.05, 4.69) is 10.4 Å². The van der Waals surface area contributed by atoms with E-state index in [9.17, 15) is 5.11 Å². The maximum Gasteiger partial charge on any atom is 0.0972 e. The van der Waals surface area contributed by atoms with Gasteiger partial charge in [-0.1, -0.05) is 0 Å². The molecule has 1 unspecified atom stereocenters. The van der Waals surface area contributed by atoms with Crippen LogP contribution in [0.3, 0.4) is 0 Å². The maximum atomic E-state index is 9.47. The van der Waals surface area contributed by atoms with Gasteiger partial charge in [0.2, 0.25) is 0 Å². The van der Waals surface area contributed by atoms with Crippen LogP contribution in [0.25, 0.3) is 0 Å². The van der Waals surface area contributed by atoms with Gasteiger partial charge in [-0.25, -0.2) is 0 Å². The van der Waals surface area contributed by atoms with Gasteiger partial charge >= 0.3 is 0 Å². The molecule has 0 saturated carbocycles. The van der Waals surface area contributed by atoms with Crippen molar-refractivity contribution >= 4 is 0 Å². The zero-order valence-electron chi connectivity index (χ0n) is 8.56. The van der Waals surface area contributed by atoms with Crippen molar-refractivity contribution in [2.75, 3.05) is 13.2 Å². The van der Waals surface area contributed by atoms with E-state index < -0.39 is 5.60 Å². The van der Waals surface area contributed by atoms with Crippen molar-refractivity contribution in [3.8, 4) is 0 Å². The number of hydrogen-bond donors (Lipinski definition) is 3. The molecule has 0 fully saturated rings. The Hall–Kier alpha value is -0.910. The summed E-state index contributed by atoms with van der Waals surface area (Å²) in [6.45, 7) is 2.35. The lowest BCUT2D eigenvalue weighted by Crippen LogP contribution is -2.40. The summed E-state index contributed by atoms with van der Waals surface area (Å²) in [5, 5.41) is 25.3. The van der Waals surface area contributed by atoms with Crippen molar-refractivity contribution < 1.29 is 10.2 Å². The monoisotopic (exact) mass is 199 g/mol. The van der Waals surface area contributed by atoms with E-state index in [1.54, 1.807) is 17.8 Å². The number of aliphatic hydroxyl groups is 2. The van der Waals surface area contributed by atoms with E-state index in [0.29, 0.717) is 13.1 Å². The smallest absolute Gasteiger partial charge is 0.0972 e. The van der Waals surface area contributed by atoms with Crippen molar-refractivity contribution in [1.82, 2.24) is 15.1 Å². The summed E-state index contributed by atoms with van der Waals surface area (Å²) in [6.07, 6.45) is 3.67. The number of nitrogens with one attached hydrogen (secondary N) is 1. The highest BCUT2D eigenvalue weighted by molar-refractivity contribution is 5.02. The maximum absolute atomic E-state index is 9.47. The molecule has 0 bridgehead atoms. The average molecular weight is 199 g/mol. The predicted octanol–water partition coefficient (Wildman–Crippen LogP) is -0.747. The number of hydrogen-bond acceptors (Lipinski definition) is 4. The van der Waals surface area contributed by atoms with Crippen LogP contribution in [-0.4, -0.2) is 38.7 Å². The molecule has 80 valence electrons. The van der Waals surface area contributed by atoms with E-state index >= 15 is 0 Å². The highest BCUT2D eigenvalue weighted by Crippen LogP contribution is 2.00. The van der Waals surface area contributed by atoms with Crippen LogP contribution in [0.1, 0.15) is 12.5 Å². The molecule has 1 rings (SSSR count). The lowest BCUT2D eigenvalue weighted by atomic mass is 10.1. The molecule has 1 aromatic heterocycles. The molecule has 5 heteroatoms. The molecule has 0 aromatic carbocycles. The second-order valence-electron chi connectivity index (χ2n) is 3.78. The average Bonchev–Trinajstić information content (AvgIpc) is 2.51. The fourth-order valence-corrected chi connectivity index (χ4v) is 1.10. The summed E-state index contributed by atoms with van der Waals surface area (Å²) in [6, 6.07) is 0. The quantitative estimate of drug-likeness (QED) is 0.584. The topological polar surface area (TPSA) is 70.3 Å². The first-order chi connectivity index (χ1) is 6.53. The van der Waals surface area contributed by atoms with Crippen molar-refractivity contribution in [3.05, 3.63) is 18.0 Å². The highest BCUT2D eigenvalue weighted by Gasteiger charge is 2.17. The SMILES string of the molecule is Cn1cc(CNCC(C)(O)CO)cn1. The Morgan fingerprint density at radius 1 is 1.64 bits per heavy atom. The molecule has 0 aliphatic heterocycles. The van der Waals surface area contributed by atoms with Crippen LogP contribution in [0.4, 0.5) is 0 Å². The van der Waals surface area contributed by atoms with Crippen LogP contribution >= 0.6 is 0 Å². The van der Waals surface area contributed by atoms with Crippen molar-refractivity contribution in [1.29, 1.82) is 0 Å². The lowest BCUT2D eigenvalue weighted by Gasteiger charge is -2.20. The molecule has 0 saturated heterocycles. The fraction of sp³-hybridized carbons (Fsp3) is 0.667. The highest BCUT2D eigenvalue weighted by atomic mass is 16.3. The van der Waals surface area contributed by atoms with Gasteiger partial charge in [0.05, 0.1) is 18.4 Å². The van der Waals surface area contributed by atoms with Gasteiger partial charge in [-0.2, -0.15) is 5.10 Å². The van der Waals surface area contributed by atoms with Gasteiger partial charge < -0.3 is 15.5 Å². The van der Waals surface area contributed by atoms with Gasteiger partial charge in [0, 0.05) is 31.9 Å². The van der Waals surface area contributed by atoms with Crippen LogP contribution in [0, 0.1) is 0 Å². The summed E-state index contributed by atoms with van der Waals surface area (Å²) in [5.41, 5.74) is 0.00334. The van der Waals surface area contributed by atoms with Crippen LogP contribution in [0.2, 0.25) is 0 Å². The van der Waals surface area contributed by atoms with Gasteiger partial charge in [0.1, 0.15) is 0 Å². The van der Waals surface area contributed by atoms with Gasteiger partial charge in [-0.15, -0.1) is 0 Å². The third-order valence-corrected chi connectivity index (χ3v) is 1.93. The van der Waals surface area contributed by atoms with Crippen LogP contribution in [-0.2, 0) is 13.6 Å². The van der Waals surface area contributed by atoms with E-state index in [0.717, 1.165) is 5.56 Å². The molecule has 0 radical (unpaired) electrons. The predicted molar refractivity (Wildman–Crippen MR) is 52.6 cm³/mol. The molecule has 0 aliphatic carbocycles. The minimum absolute atomic E-state index is 0.243. The Morgan fingerprint density at radius 3 is 2.86 bits per heavy atom. The summed E-state index contributed by atoms with van der Waals surface area (Å²) in [4.78, 5) is 0. The zero-order valence-corrected chi connectivity index (χ0v) is 8.56. The number of aromatic nitrogens is 2. The molecule has 0 amide bonds. The molecule has 0 aliphatic rings. The number of aryl methyl sites for hydroxylation is 1. The third kappa shape index (κ3) is 3.45. The lowest BCUT2D eigenvalue weighted by molar-refractivity contribution is 0.00254. The molecule has 14 heavy (non-hydrogen) atoms. The summed E-state index contributed by atoms with van der Waals surface area (Å²) in [7, 11) is 1.85. The van der Waals surface area contributed by atoms with Gasteiger partial charge in [0.15, 0.2) is 0 Å². The molecule has 1 heterocycles. The first-order valence-electron chi connectivity index (χ1n) is 4.55. The molecule has 0 spiro atoms. The van der Waals surface area contributed by atoms with Crippen molar-refractivity contribution in [3.63, 3.8) is 0 Å². The number of nitrogens with zero attached hydrogens (tertiary/aromatic N) is 2. The van der Waals surface area contributed by atoms with Crippen LogP contribution in [0.15, 0.2) is 12.4 Å². The molecular formula is C9H17N3O2. The van der Waals surface area contributed by atoms with Crippen LogP contribution in [0.5, 0.6) is 0 Å². The first kappa shape index (κ1) is 11.2. The van der Waals surface area contributed by atoms with Gasteiger partial charge in [-0.05, 0) is 6.92 Å². The second-order valence-corrected chi connectivity index (χ2v) is 3.78. The normalized spacial score (nSPS) is 15.4. The minimum atomic E-state index is -1.05. The third-order valence-electron chi connectivity index (χ3n) is 1.93. The molecule has 1 aromatic rings. The molecular weight excluding hydrogens is 182 g/mol. The Kier molecular flexibility index (Phi) is 3.62. The second kappa shape index (κ2) is 4.54. The Bertz CT molecular complexity index is 283. The van der Waals surface area contributed by atoms with E-state index in [1.807, 2.05) is 13.2 Å². The van der Waals surface area contributed by atoms with Crippen molar-refractivity contribution in [2.45, 2.75) is 19.1 Å². The Morgan fingerprint density at radius 2 is 2.36 bits per heavy atom. The minimum Gasteiger partial charge on any atom is -0.393 e. The first-order valence-corrected chi connectivity index (χ1v) is 4.55. The molecule has 3 N–H and O–H groups in total. The fourth-order valence-electron chi connectivity index (χ4n) is 1.10. The number of aliphatic hydroxyl groups excluding tert-OH is 1. The molecule has 1 atom stereocenters. The van der Waals surface area contributed by atoms with E-state index in [4.69, 9.17) is 5.11 Å². The summed E-state index contributed by atoms with van der Waals surface area (Å²) < 4.78 is 1.72. The van der Waals surface area contributed by atoms with Gasteiger partial charge in [-0.3, -0.25) is 4.68 Å². The van der Waals surface area contributed by atoms with Crippen LogP contribution < -0.4 is 5.32 Å². The van der Waals surface area contributed by atoms with Gasteiger partial charge in [0.25, 0.3) is 0 Å².